The number of hydrogen-bond acceptors (Lipinski definition) is 8. The zero-order valence-electron chi connectivity index (χ0n) is 10.2. The SMILES string of the molecule is OC[C@H]1OC(O)[C@@H](O)[C@@H]1O.[2H]n1c(N)ccnc1=O. The molecule has 1 aromatic heterocycles. The van der Waals surface area contributed by atoms with Gasteiger partial charge in [0.05, 0.1) is 6.61 Å². The Labute approximate surface area is 103 Å². The Morgan fingerprint density at radius 1 is 1.50 bits per heavy atom. The molecule has 1 aliphatic rings. The molecule has 1 aliphatic heterocycles. The van der Waals surface area contributed by atoms with E-state index in [1.807, 2.05) is 0 Å². The van der Waals surface area contributed by atoms with E-state index < -0.39 is 36.9 Å². The number of aliphatic hydroxyl groups is 4. The quantitative estimate of drug-likeness (QED) is 0.308. The largest absolute Gasteiger partial charge is 0.394 e. The molecule has 0 amide bonds. The lowest BCUT2D eigenvalue weighted by molar-refractivity contribution is -0.132. The normalized spacial score (nSPS) is 31.4. The number of nitrogens with one attached hydrogen (secondary N) is 1. The standard InChI is InChI=1S/C5H10O5.C4H5N3O/c6-1-2-3(7)4(8)5(9)10-2;5-3-1-2-6-4(8)7-3/h2-9H,1H2;1-2H,(H3,5,6,7,8)/t2-,3-,4+,5?;/m1./s1/i/hD. The first kappa shape index (κ1) is 12.9. The summed E-state index contributed by atoms with van der Waals surface area (Å²) in [6.45, 7) is -0.407. The molecule has 0 spiro atoms. The summed E-state index contributed by atoms with van der Waals surface area (Å²) in [7, 11) is 0. The van der Waals surface area contributed by atoms with E-state index in [9.17, 15) is 4.79 Å². The third kappa shape index (κ3) is 3.75. The van der Waals surface area contributed by atoms with Crippen LogP contribution in [0.1, 0.15) is 0 Å². The average molecular weight is 262 g/mol. The van der Waals surface area contributed by atoms with Crippen molar-refractivity contribution in [1.82, 2.24) is 9.96 Å². The van der Waals surface area contributed by atoms with Crippen LogP contribution in [0.3, 0.4) is 0 Å². The highest BCUT2D eigenvalue weighted by atomic mass is 16.6. The Hall–Kier alpha value is -1.52. The van der Waals surface area contributed by atoms with Crippen LogP contribution >= 0.6 is 0 Å². The number of nitrogen functional groups attached to an aromatic ring is 1. The Morgan fingerprint density at radius 3 is 2.50 bits per heavy atom. The number of aromatic amines is 1. The van der Waals surface area contributed by atoms with Crippen LogP contribution in [0.2, 0.25) is 1.41 Å². The minimum atomic E-state index is -1.38. The highest BCUT2D eigenvalue weighted by Crippen LogP contribution is 2.18. The first-order valence-corrected chi connectivity index (χ1v) is 5.01. The molecular weight excluding hydrogens is 246 g/mol. The molecule has 18 heavy (non-hydrogen) atoms. The average Bonchev–Trinajstić information content (AvgIpc) is 2.64. The molecule has 1 saturated heterocycles. The molecule has 102 valence electrons. The molecule has 0 aromatic carbocycles. The fourth-order valence-corrected chi connectivity index (χ4v) is 1.23. The van der Waals surface area contributed by atoms with Gasteiger partial charge in [0.15, 0.2) is 7.70 Å². The maximum atomic E-state index is 10.4. The summed E-state index contributed by atoms with van der Waals surface area (Å²) >= 11 is 0. The molecule has 0 bridgehead atoms. The van der Waals surface area contributed by atoms with E-state index >= 15 is 0 Å². The molecule has 1 aromatic rings. The minimum absolute atomic E-state index is 0.0926. The summed E-state index contributed by atoms with van der Waals surface area (Å²) in [6, 6.07) is 1.38. The zero-order chi connectivity index (χ0) is 14.6. The van der Waals surface area contributed by atoms with Gasteiger partial charge in [-0.3, -0.25) is 4.98 Å². The lowest BCUT2D eigenvalue weighted by Gasteiger charge is -2.09. The van der Waals surface area contributed by atoms with Crippen molar-refractivity contribution in [2.45, 2.75) is 24.6 Å². The van der Waals surface area contributed by atoms with Crippen LogP contribution in [0.4, 0.5) is 5.82 Å². The second kappa shape index (κ2) is 6.42. The highest BCUT2D eigenvalue weighted by molar-refractivity contribution is 5.22. The first-order chi connectivity index (χ1) is 8.88. The topological polar surface area (TPSA) is 162 Å². The molecule has 9 nitrogen and oxygen atoms in total. The molecule has 0 saturated carbocycles. The van der Waals surface area contributed by atoms with E-state index in [1.165, 1.54) is 12.3 Å². The molecule has 1 unspecified atom stereocenters. The minimum Gasteiger partial charge on any atom is -0.394 e. The van der Waals surface area contributed by atoms with Crippen LogP contribution in [-0.2, 0) is 4.74 Å². The zero-order valence-corrected chi connectivity index (χ0v) is 9.25. The van der Waals surface area contributed by atoms with Crippen molar-refractivity contribution < 1.29 is 26.6 Å². The number of hydrogen-bond donors (Lipinski definition) is 6. The van der Waals surface area contributed by atoms with E-state index in [-0.39, 0.29) is 5.82 Å². The number of aromatic nitrogens is 2. The van der Waals surface area contributed by atoms with Crippen LogP contribution in [-0.4, -0.2) is 61.6 Å². The molecule has 1 fully saturated rings. The van der Waals surface area contributed by atoms with Gasteiger partial charge in [-0.2, -0.15) is 0 Å². The van der Waals surface area contributed by atoms with Crippen LogP contribution in [0, 0.1) is 0 Å². The maximum Gasteiger partial charge on any atom is 0.346 e. The van der Waals surface area contributed by atoms with Crippen molar-refractivity contribution in [2.24, 2.45) is 0 Å². The van der Waals surface area contributed by atoms with Gasteiger partial charge in [0.1, 0.15) is 24.1 Å². The number of nitrogens with two attached hydrogens (primary N) is 1. The summed E-state index contributed by atoms with van der Waals surface area (Å²) in [5.41, 5.74) is 4.50. The van der Waals surface area contributed by atoms with Crippen molar-refractivity contribution >= 4 is 5.82 Å². The van der Waals surface area contributed by atoms with E-state index in [4.69, 9.17) is 27.6 Å². The van der Waals surface area contributed by atoms with Crippen LogP contribution in [0.5, 0.6) is 0 Å². The molecule has 2 rings (SSSR count). The van der Waals surface area contributed by atoms with Crippen molar-refractivity contribution in [1.29, 1.82) is 0 Å². The maximum absolute atomic E-state index is 10.4. The summed E-state index contributed by atoms with van der Waals surface area (Å²) in [5.74, 6) is 0.0926. The molecule has 2 heterocycles. The number of rotatable bonds is 1. The predicted molar refractivity (Wildman–Crippen MR) is 59.2 cm³/mol. The van der Waals surface area contributed by atoms with Gasteiger partial charge in [-0.25, -0.2) is 9.78 Å². The van der Waals surface area contributed by atoms with Crippen LogP contribution < -0.4 is 11.4 Å². The number of aliphatic hydroxyl groups excluding tert-OH is 4. The number of nitrogens with zero attached hydrogens (tertiary/aromatic N) is 1. The van der Waals surface area contributed by atoms with Gasteiger partial charge in [-0.1, -0.05) is 0 Å². The molecule has 7 N–H and O–H groups in total. The molecule has 0 radical (unpaired) electrons. The molecule has 0 aliphatic carbocycles. The monoisotopic (exact) mass is 262 g/mol. The first-order valence-electron chi connectivity index (χ1n) is 5.46. The van der Waals surface area contributed by atoms with Gasteiger partial charge in [0, 0.05) is 6.20 Å². The third-order valence-electron chi connectivity index (χ3n) is 2.17. The third-order valence-corrected chi connectivity index (χ3v) is 2.17. The highest BCUT2D eigenvalue weighted by Gasteiger charge is 2.41. The van der Waals surface area contributed by atoms with Crippen molar-refractivity contribution in [3.05, 3.63) is 22.7 Å². The van der Waals surface area contributed by atoms with E-state index in [0.717, 1.165) is 0 Å². The fraction of sp³-hybridized carbons (Fsp3) is 0.556. The Morgan fingerprint density at radius 2 is 2.17 bits per heavy atom. The predicted octanol–water partition coefficient (Wildman–Crippen LogP) is -3.23. The Balaban J connectivity index is 0.000000191. The van der Waals surface area contributed by atoms with Crippen molar-refractivity contribution in [2.75, 3.05) is 12.3 Å². The number of ether oxygens (including phenoxy) is 1. The second-order valence-corrected chi connectivity index (χ2v) is 3.49. The Kier molecular flexibility index (Phi) is 4.61. The smallest absolute Gasteiger partial charge is 0.346 e. The summed E-state index contributed by atoms with van der Waals surface area (Å²) in [4.78, 5) is 14.2. The second-order valence-electron chi connectivity index (χ2n) is 3.49. The van der Waals surface area contributed by atoms with Crippen molar-refractivity contribution in [3.8, 4) is 0 Å². The van der Waals surface area contributed by atoms with E-state index in [0.29, 0.717) is 4.98 Å². The van der Waals surface area contributed by atoms with Gasteiger partial charge in [-0.15, -0.1) is 0 Å². The van der Waals surface area contributed by atoms with Gasteiger partial charge in [0.25, 0.3) is 0 Å². The van der Waals surface area contributed by atoms with Gasteiger partial charge < -0.3 is 30.9 Å². The molecule has 4 atom stereocenters. The number of H-pyrrole nitrogens is 1. The van der Waals surface area contributed by atoms with E-state index in [1.54, 1.807) is 0 Å². The summed E-state index contributed by atoms with van der Waals surface area (Å²) < 4.78 is 11.4. The van der Waals surface area contributed by atoms with Gasteiger partial charge >= 0.3 is 5.69 Å². The molecular formula is C9H15N3O6. The summed E-state index contributed by atoms with van der Waals surface area (Å²) in [5, 5.41) is 35.0. The van der Waals surface area contributed by atoms with E-state index in [2.05, 4.69) is 9.72 Å². The van der Waals surface area contributed by atoms with Gasteiger partial charge in [0.2, 0.25) is 0 Å². The van der Waals surface area contributed by atoms with Crippen LogP contribution in [0.25, 0.3) is 0 Å². The van der Waals surface area contributed by atoms with Gasteiger partial charge in [-0.05, 0) is 6.07 Å². The fourth-order valence-electron chi connectivity index (χ4n) is 1.23. The molecule has 9 heteroatoms. The Bertz CT molecular complexity index is 470. The van der Waals surface area contributed by atoms with Crippen molar-refractivity contribution in [3.63, 3.8) is 0 Å². The summed E-state index contributed by atoms with van der Waals surface area (Å²) in [6.07, 6.45) is -3.49. The lowest BCUT2D eigenvalue weighted by atomic mass is 10.1. The van der Waals surface area contributed by atoms with Crippen LogP contribution in [0.15, 0.2) is 17.1 Å². The lowest BCUT2D eigenvalue weighted by Crippen LogP contribution is -2.33. The number of anilines is 1.